The zero-order chi connectivity index (χ0) is 42.5. The quantitative estimate of drug-likeness (QED) is 0.0165. The van der Waals surface area contributed by atoms with Crippen LogP contribution in [0.1, 0.15) is 73.6 Å². The van der Waals surface area contributed by atoms with Crippen LogP contribution in [0, 0.1) is 10.3 Å². The minimum Gasteiger partial charge on any atom is -0.431 e. The number of hydrogen-bond donors (Lipinski definition) is 9. The van der Waals surface area contributed by atoms with Gasteiger partial charge in [-0.3, -0.25) is 10.4 Å². The minimum atomic E-state index is -1.72. The fourth-order valence-corrected chi connectivity index (χ4v) is 6.03. The zero-order valence-electron chi connectivity index (χ0n) is 33.3. The number of aliphatic hydroxyl groups is 5. The molecule has 3 rings (SSSR count). The van der Waals surface area contributed by atoms with Crippen LogP contribution in [-0.2, 0) is 9.47 Å². The molecule has 1 aromatic heterocycles. The van der Waals surface area contributed by atoms with E-state index in [0.29, 0.717) is 15.9 Å². The summed E-state index contributed by atoms with van der Waals surface area (Å²) in [5, 5.41) is 83.1. The van der Waals surface area contributed by atoms with E-state index < -0.39 is 55.5 Å². The third-order valence-corrected chi connectivity index (χ3v) is 10.8. The number of fused-ring (bicyclic) bond motifs is 2. The van der Waals surface area contributed by atoms with Crippen molar-refractivity contribution in [3.8, 4) is 11.5 Å². The Balaban J connectivity index is 1.60. The lowest BCUT2D eigenvalue weighted by molar-refractivity contribution is -0.894. The molecule has 0 saturated carbocycles. The van der Waals surface area contributed by atoms with E-state index >= 15 is 0 Å². The molecule has 0 aliphatic carbocycles. The molecule has 3 aromatic rings. The summed E-state index contributed by atoms with van der Waals surface area (Å²) < 4.78 is 22.0. The summed E-state index contributed by atoms with van der Waals surface area (Å²) in [4.78, 5) is 36.7. The Morgan fingerprint density at radius 2 is 1.21 bits per heavy atom. The molecule has 0 amide bonds. The lowest BCUT2D eigenvalue weighted by Crippen LogP contribution is -2.53. The minimum absolute atomic E-state index is 0.0332. The molecular weight excluding hydrogens is 750 g/mol. The van der Waals surface area contributed by atoms with Crippen molar-refractivity contribution in [1.82, 2.24) is 10.6 Å². The standard InChI is InChI=1S/C38H59N5O14/c1-7-37(5,8-2)17-23(44)21-54-35(49)56-29-15-11-13-26-31(29)42(52)27-14-12-16-30(32(27)43(26)53)57-36(50)55-22-24(45)18-39-19-25(41-51)33(47)34(48)28(46)20-40-38(6,9-3)10-4/h11-16,23-25,28,33-34,39-40,44-48,52-53H,7-10,17-22H2,1-6H3/q+2. The number of rotatable bonds is 23. The topological polar surface area (TPSA) is 274 Å². The zero-order valence-corrected chi connectivity index (χ0v) is 33.3. The largest absolute Gasteiger partial charge is 0.514 e. The molecule has 1 heterocycles. The summed E-state index contributed by atoms with van der Waals surface area (Å²) in [6.07, 6.45) is -5.90. The summed E-state index contributed by atoms with van der Waals surface area (Å²) in [6, 6.07) is 6.85. The van der Waals surface area contributed by atoms with E-state index in [0.717, 1.165) is 25.7 Å². The van der Waals surface area contributed by atoms with Crippen LogP contribution in [0.25, 0.3) is 22.1 Å². The second kappa shape index (κ2) is 21.3. The third-order valence-electron chi connectivity index (χ3n) is 10.8. The van der Waals surface area contributed by atoms with Crippen LogP contribution < -0.4 is 29.6 Å². The Bertz CT molecular complexity index is 1790. The van der Waals surface area contributed by atoms with Gasteiger partial charge in [-0.2, -0.15) is 4.91 Å². The molecule has 9 N–H and O–H groups in total. The maximum atomic E-state index is 12.7. The third kappa shape index (κ3) is 12.5. The van der Waals surface area contributed by atoms with Crippen molar-refractivity contribution >= 4 is 34.4 Å². The van der Waals surface area contributed by atoms with Crippen LogP contribution in [0.3, 0.4) is 0 Å². The number of hydrogen-bond acceptors (Lipinski definition) is 17. The Labute approximate surface area is 330 Å². The number of benzene rings is 2. The van der Waals surface area contributed by atoms with Gasteiger partial charge in [0, 0.05) is 46.8 Å². The van der Waals surface area contributed by atoms with Crippen molar-refractivity contribution in [2.75, 3.05) is 32.8 Å². The van der Waals surface area contributed by atoms with Crippen LogP contribution in [0.15, 0.2) is 41.6 Å². The van der Waals surface area contributed by atoms with Gasteiger partial charge >= 0.3 is 34.4 Å². The molecular formula is C38H59N5O14+2. The number of nitrogens with one attached hydrogen (secondary N) is 2. The number of β-amino-alcohol motifs (C(OH)–C–C–N with tert-alkyl or cyclic N) is 1. The predicted molar refractivity (Wildman–Crippen MR) is 203 cm³/mol. The van der Waals surface area contributed by atoms with Gasteiger partial charge < -0.3 is 55.1 Å². The first kappa shape index (κ1) is 46.9. The molecule has 0 aliphatic heterocycles. The van der Waals surface area contributed by atoms with Gasteiger partial charge in [0.1, 0.15) is 37.6 Å². The summed E-state index contributed by atoms with van der Waals surface area (Å²) in [5.41, 5.74) is -0.931. The first-order valence-electron chi connectivity index (χ1n) is 19.1. The lowest BCUT2D eigenvalue weighted by Gasteiger charge is -2.32. The van der Waals surface area contributed by atoms with E-state index in [2.05, 4.69) is 15.8 Å². The van der Waals surface area contributed by atoms with Crippen molar-refractivity contribution in [3.63, 3.8) is 0 Å². The van der Waals surface area contributed by atoms with E-state index in [1.807, 2.05) is 41.5 Å². The van der Waals surface area contributed by atoms with E-state index in [4.69, 9.17) is 18.9 Å². The fourth-order valence-electron chi connectivity index (χ4n) is 6.03. The SMILES string of the molecule is CCC(C)(CC)CC(O)COC(=O)Oc1cccc2c1[n+](O)c1cccc(OC(=O)OCC(O)CNCC(N=O)C(O)C(O)C(O)CNC(C)(CC)CC)c1[n+]2O. The highest BCUT2D eigenvalue weighted by Gasteiger charge is 2.37. The molecule has 318 valence electrons. The number of carbonyl (C=O) groups is 2. The summed E-state index contributed by atoms with van der Waals surface area (Å²) in [6.45, 7) is 10.5. The second-order valence-electron chi connectivity index (χ2n) is 14.8. The van der Waals surface area contributed by atoms with Gasteiger partial charge in [-0.25, -0.2) is 9.59 Å². The molecule has 6 unspecified atom stereocenters. The number of carbonyl (C=O) groups excluding carboxylic acids is 2. The average molecular weight is 810 g/mol. The number of para-hydroxylation sites is 2. The number of aromatic nitrogens is 2. The molecule has 0 bridgehead atoms. The number of aliphatic hydroxyl groups excluding tert-OH is 5. The molecule has 0 spiro atoms. The number of nitrogens with zero attached hydrogens (tertiary/aromatic N) is 3. The molecule has 6 atom stereocenters. The molecule has 0 saturated heterocycles. The highest BCUT2D eigenvalue weighted by atomic mass is 16.7. The van der Waals surface area contributed by atoms with Crippen LogP contribution in [-0.4, -0.2) is 123 Å². The Kier molecular flexibility index (Phi) is 17.5. The second-order valence-corrected chi connectivity index (χ2v) is 14.8. The van der Waals surface area contributed by atoms with Crippen molar-refractivity contribution in [3.05, 3.63) is 41.3 Å². The Morgan fingerprint density at radius 3 is 1.67 bits per heavy atom. The Morgan fingerprint density at radius 1 is 0.719 bits per heavy atom. The van der Waals surface area contributed by atoms with Crippen LogP contribution in [0.2, 0.25) is 0 Å². The summed E-state index contributed by atoms with van der Waals surface area (Å²) in [5.74, 6) is -0.459. The lowest BCUT2D eigenvalue weighted by atomic mass is 9.80. The van der Waals surface area contributed by atoms with E-state index in [1.165, 1.54) is 36.4 Å². The highest BCUT2D eigenvalue weighted by molar-refractivity contribution is 5.85. The average Bonchev–Trinajstić information content (AvgIpc) is 3.21. The Hall–Kier alpha value is -4.50. The van der Waals surface area contributed by atoms with Gasteiger partial charge in [0.2, 0.25) is 11.5 Å². The van der Waals surface area contributed by atoms with Crippen LogP contribution in [0.5, 0.6) is 11.5 Å². The first-order valence-corrected chi connectivity index (χ1v) is 19.1. The van der Waals surface area contributed by atoms with Gasteiger partial charge in [0.05, 0.1) is 12.2 Å². The van der Waals surface area contributed by atoms with E-state index in [-0.39, 0.29) is 70.8 Å². The van der Waals surface area contributed by atoms with Gasteiger partial charge in [-0.15, -0.1) is 0 Å². The van der Waals surface area contributed by atoms with Crippen molar-refractivity contribution < 1.29 is 73.9 Å². The molecule has 0 aliphatic rings. The molecule has 19 heteroatoms. The normalized spacial score (nSPS) is 15.4. The van der Waals surface area contributed by atoms with Crippen LogP contribution in [0.4, 0.5) is 9.59 Å². The highest BCUT2D eigenvalue weighted by Crippen LogP contribution is 2.31. The molecule has 2 aromatic carbocycles. The molecule has 0 radical (unpaired) electrons. The van der Waals surface area contributed by atoms with Gasteiger partial charge in [-0.05, 0) is 43.7 Å². The molecule has 0 fully saturated rings. The summed E-state index contributed by atoms with van der Waals surface area (Å²) >= 11 is 0. The van der Waals surface area contributed by atoms with Crippen LogP contribution >= 0.6 is 0 Å². The van der Waals surface area contributed by atoms with Crippen molar-refractivity contribution in [1.29, 1.82) is 0 Å². The molecule has 19 nitrogen and oxygen atoms in total. The van der Waals surface area contributed by atoms with Crippen molar-refractivity contribution in [2.24, 2.45) is 10.6 Å². The van der Waals surface area contributed by atoms with Gasteiger partial charge in [0.15, 0.2) is 0 Å². The maximum absolute atomic E-state index is 12.7. The van der Waals surface area contributed by atoms with Gasteiger partial charge in [-0.1, -0.05) is 64.8 Å². The smallest absolute Gasteiger partial charge is 0.431 e. The summed E-state index contributed by atoms with van der Waals surface area (Å²) in [7, 11) is 0. The van der Waals surface area contributed by atoms with Crippen molar-refractivity contribution in [2.45, 2.75) is 116 Å². The number of nitroso groups, excluding NO2 is 1. The van der Waals surface area contributed by atoms with E-state index in [9.17, 15) is 50.4 Å². The van der Waals surface area contributed by atoms with Gasteiger partial charge in [0.25, 0.3) is 0 Å². The predicted octanol–water partition coefficient (Wildman–Crippen LogP) is 1.99. The van der Waals surface area contributed by atoms with E-state index in [1.54, 1.807) is 0 Å². The monoisotopic (exact) mass is 809 g/mol. The fraction of sp³-hybridized carbons (Fsp3) is 0.632. The molecule has 57 heavy (non-hydrogen) atoms. The number of ether oxygens (including phenoxy) is 4. The first-order chi connectivity index (χ1) is 27.0. The maximum Gasteiger partial charge on any atom is 0.514 e.